The van der Waals surface area contributed by atoms with Crippen molar-refractivity contribution in [2.75, 3.05) is 13.2 Å². The molecule has 134 valence electrons. The second kappa shape index (κ2) is 11.3. The normalized spacial score (nSPS) is 16.1. The fraction of sp³-hybridized carbons (Fsp3) is 0.889. The van der Waals surface area contributed by atoms with E-state index in [1.165, 1.54) is 0 Å². The molecular weight excluding hydrogens is 294 g/mol. The van der Waals surface area contributed by atoms with Gasteiger partial charge in [0.05, 0.1) is 13.2 Å². The number of rotatable bonds is 11. The largest absolute Gasteiger partial charge is 0.464 e. The topological polar surface area (TPSA) is 64.6 Å². The van der Waals surface area contributed by atoms with Gasteiger partial charge in [0.2, 0.25) is 0 Å². The number of amides is 1. The van der Waals surface area contributed by atoms with E-state index < -0.39 is 11.6 Å². The summed E-state index contributed by atoms with van der Waals surface area (Å²) < 4.78 is 10.6. The Morgan fingerprint density at radius 3 is 2.09 bits per heavy atom. The van der Waals surface area contributed by atoms with Gasteiger partial charge in [-0.15, -0.1) is 0 Å². The van der Waals surface area contributed by atoms with Crippen LogP contribution in [0, 0.1) is 0 Å². The summed E-state index contributed by atoms with van der Waals surface area (Å²) in [7, 11) is 0. The smallest absolute Gasteiger partial charge is 0.408 e. The Morgan fingerprint density at radius 1 is 0.870 bits per heavy atom. The van der Waals surface area contributed by atoms with Crippen molar-refractivity contribution in [3.8, 4) is 0 Å². The molecule has 23 heavy (non-hydrogen) atoms. The summed E-state index contributed by atoms with van der Waals surface area (Å²) in [5, 5.41) is 2.79. The summed E-state index contributed by atoms with van der Waals surface area (Å²) in [5.41, 5.74) is -0.868. The van der Waals surface area contributed by atoms with E-state index in [-0.39, 0.29) is 5.97 Å². The molecule has 0 saturated heterocycles. The van der Waals surface area contributed by atoms with Crippen LogP contribution in [0.4, 0.5) is 4.79 Å². The lowest BCUT2D eigenvalue weighted by Gasteiger charge is -2.27. The molecule has 0 spiro atoms. The number of esters is 1. The molecule has 0 aromatic rings. The minimum absolute atomic E-state index is 0.297. The maximum Gasteiger partial charge on any atom is 0.408 e. The molecule has 0 aromatic heterocycles. The van der Waals surface area contributed by atoms with Crippen LogP contribution >= 0.6 is 0 Å². The average Bonchev–Trinajstić information content (AvgIpc) is 3.01. The minimum atomic E-state index is -0.868. The summed E-state index contributed by atoms with van der Waals surface area (Å²) in [6.07, 6.45) is 9.91. The van der Waals surface area contributed by atoms with E-state index in [4.69, 9.17) is 9.47 Å². The first-order chi connectivity index (χ1) is 11.1. The lowest BCUT2D eigenvalue weighted by atomic mass is 9.98. The summed E-state index contributed by atoms with van der Waals surface area (Å²) in [6, 6.07) is 0. The van der Waals surface area contributed by atoms with Crippen LogP contribution in [0.1, 0.15) is 84.5 Å². The molecule has 0 atom stereocenters. The number of alkyl carbamates (subject to hydrolysis) is 1. The molecule has 1 rings (SSSR count). The molecule has 1 fully saturated rings. The molecule has 1 amide bonds. The molecule has 0 unspecified atom stereocenters. The zero-order chi connectivity index (χ0) is 17.0. The third kappa shape index (κ3) is 7.23. The second-order valence-corrected chi connectivity index (χ2v) is 6.45. The van der Waals surface area contributed by atoms with E-state index in [1.54, 1.807) is 0 Å². The second-order valence-electron chi connectivity index (χ2n) is 6.45. The maximum atomic E-state index is 12.4. The van der Waals surface area contributed by atoms with Crippen LogP contribution in [0.2, 0.25) is 0 Å². The summed E-state index contributed by atoms with van der Waals surface area (Å²) >= 11 is 0. The zero-order valence-electron chi connectivity index (χ0n) is 14.8. The van der Waals surface area contributed by atoms with Crippen LogP contribution in [0.25, 0.3) is 0 Å². The van der Waals surface area contributed by atoms with Gasteiger partial charge in [-0.2, -0.15) is 0 Å². The van der Waals surface area contributed by atoms with E-state index in [0.29, 0.717) is 26.1 Å². The highest BCUT2D eigenvalue weighted by atomic mass is 16.6. The highest BCUT2D eigenvalue weighted by Crippen LogP contribution is 2.31. The molecule has 5 nitrogen and oxygen atoms in total. The fourth-order valence-corrected chi connectivity index (χ4v) is 2.94. The van der Waals surface area contributed by atoms with Gasteiger partial charge >= 0.3 is 12.1 Å². The third-order valence-corrected chi connectivity index (χ3v) is 4.40. The van der Waals surface area contributed by atoms with Crippen molar-refractivity contribution in [2.24, 2.45) is 0 Å². The van der Waals surface area contributed by atoms with Crippen LogP contribution in [0.15, 0.2) is 0 Å². The Balaban J connectivity index is 2.37. The van der Waals surface area contributed by atoms with Crippen molar-refractivity contribution in [3.63, 3.8) is 0 Å². The monoisotopic (exact) mass is 327 g/mol. The third-order valence-electron chi connectivity index (χ3n) is 4.40. The van der Waals surface area contributed by atoms with Gasteiger partial charge < -0.3 is 14.8 Å². The predicted molar refractivity (Wildman–Crippen MR) is 90.3 cm³/mol. The number of ether oxygens (including phenoxy) is 2. The van der Waals surface area contributed by atoms with Crippen molar-refractivity contribution < 1.29 is 19.1 Å². The van der Waals surface area contributed by atoms with E-state index in [1.807, 2.05) is 0 Å². The van der Waals surface area contributed by atoms with Crippen molar-refractivity contribution in [1.82, 2.24) is 5.32 Å². The molecule has 5 heteroatoms. The molecule has 1 N–H and O–H groups in total. The van der Waals surface area contributed by atoms with Gasteiger partial charge in [-0.25, -0.2) is 9.59 Å². The highest BCUT2D eigenvalue weighted by Gasteiger charge is 2.44. The first kappa shape index (κ1) is 19.8. The number of carbonyl (C=O) groups is 2. The van der Waals surface area contributed by atoms with Gasteiger partial charge in [-0.1, -0.05) is 58.8 Å². The van der Waals surface area contributed by atoms with E-state index in [9.17, 15) is 9.59 Å². The number of carbonyl (C=O) groups excluding carboxylic acids is 2. The molecule has 0 aliphatic heterocycles. The zero-order valence-corrected chi connectivity index (χ0v) is 14.8. The van der Waals surface area contributed by atoms with Crippen molar-refractivity contribution in [1.29, 1.82) is 0 Å². The van der Waals surface area contributed by atoms with Crippen LogP contribution in [0.3, 0.4) is 0 Å². The quantitative estimate of drug-likeness (QED) is 0.453. The Kier molecular flexibility index (Phi) is 9.72. The predicted octanol–water partition coefficient (Wildman–Crippen LogP) is 4.34. The first-order valence-electron chi connectivity index (χ1n) is 9.27. The van der Waals surface area contributed by atoms with Crippen LogP contribution in [-0.4, -0.2) is 30.8 Å². The van der Waals surface area contributed by atoms with Gasteiger partial charge in [-0.05, 0) is 25.7 Å². The van der Waals surface area contributed by atoms with Gasteiger partial charge in [0.25, 0.3) is 0 Å². The van der Waals surface area contributed by atoms with Crippen molar-refractivity contribution in [3.05, 3.63) is 0 Å². The number of hydrogen-bond acceptors (Lipinski definition) is 4. The molecule has 1 aliphatic rings. The Morgan fingerprint density at radius 2 is 1.43 bits per heavy atom. The fourth-order valence-electron chi connectivity index (χ4n) is 2.94. The van der Waals surface area contributed by atoms with Gasteiger partial charge in [0.1, 0.15) is 5.54 Å². The van der Waals surface area contributed by atoms with Gasteiger partial charge in [-0.3, -0.25) is 0 Å². The molecule has 0 bridgehead atoms. The van der Waals surface area contributed by atoms with E-state index in [2.05, 4.69) is 19.2 Å². The van der Waals surface area contributed by atoms with Gasteiger partial charge in [0.15, 0.2) is 0 Å². The van der Waals surface area contributed by atoms with Crippen molar-refractivity contribution >= 4 is 12.1 Å². The number of hydrogen-bond donors (Lipinski definition) is 1. The minimum Gasteiger partial charge on any atom is -0.464 e. The maximum absolute atomic E-state index is 12.4. The Labute approximate surface area is 140 Å². The highest BCUT2D eigenvalue weighted by molar-refractivity contribution is 5.86. The molecule has 1 aliphatic carbocycles. The SMILES string of the molecule is CCCCCCOC(=O)NC1(C(=O)OCCCCC)CCCC1. The number of nitrogens with one attached hydrogen (secondary N) is 1. The summed E-state index contributed by atoms with van der Waals surface area (Å²) in [5.74, 6) is -0.297. The standard InChI is InChI=1S/C18H33NO4/c1-3-5-7-11-15-23-17(21)19-18(12-8-9-13-18)16(20)22-14-10-6-4-2/h3-15H2,1-2H3,(H,19,21). The average molecular weight is 327 g/mol. The van der Waals surface area contributed by atoms with E-state index >= 15 is 0 Å². The summed E-state index contributed by atoms with van der Waals surface area (Å²) in [6.45, 7) is 5.09. The summed E-state index contributed by atoms with van der Waals surface area (Å²) in [4.78, 5) is 24.4. The van der Waals surface area contributed by atoms with Crippen LogP contribution < -0.4 is 5.32 Å². The molecule has 0 radical (unpaired) electrons. The molecular formula is C18H33NO4. The van der Waals surface area contributed by atoms with E-state index in [0.717, 1.165) is 57.8 Å². The molecule has 1 saturated carbocycles. The van der Waals surface area contributed by atoms with Gasteiger partial charge in [0, 0.05) is 0 Å². The Hall–Kier alpha value is -1.26. The molecule has 0 heterocycles. The van der Waals surface area contributed by atoms with Crippen molar-refractivity contribution in [2.45, 2.75) is 90.0 Å². The molecule has 0 aromatic carbocycles. The lowest BCUT2D eigenvalue weighted by Crippen LogP contribution is -2.53. The van der Waals surface area contributed by atoms with Crippen LogP contribution in [0.5, 0.6) is 0 Å². The van der Waals surface area contributed by atoms with Crippen LogP contribution in [-0.2, 0) is 14.3 Å². The Bertz CT molecular complexity index is 351. The lowest BCUT2D eigenvalue weighted by molar-refractivity contribution is -0.151. The number of unbranched alkanes of at least 4 members (excludes halogenated alkanes) is 5. The first-order valence-corrected chi connectivity index (χ1v) is 9.27.